The second-order valence-corrected chi connectivity index (χ2v) is 5.55. The van der Waals surface area contributed by atoms with Gasteiger partial charge in [-0.25, -0.2) is 0 Å². The van der Waals surface area contributed by atoms with Gasteiger partial charge in [0.25, 0.3) is 0 Å². The number of hydrogen-bond donors (Lipinski definition) is 1. The summed E-state index contributed by atoms with van der Waals surface area (Å²) in [5, 5.41) is 1.08. The Kier molecular flexibility index (Phi) is 9.04. The van der Waals surface area contributed by atoms with Crippen molar-refractivity contribution in [3.05, 3.63) is 27.7 Å². The molecular weight excluding hydrogens is 313 g/mol. The topological polar surface area (TPSA) is 53.7 Å². The molecule has 120 valence electrons. The molecule has 0 saturated heterocycles. The maximum atomic E-state index is 6.21. The minimum atomic E-state index is 0.0554. The lowest BCUT2D eigenvalue weighted by molar-refractivity contribution is 0.0543. The lowest BCUT2D eigenvalue weighted by Crippen LogP contribution is -2.22. The molecule has 0 spiro atoms. The molecule has 1 unspecified atom stereocenters. The number of methoxy groups -OCH3 is 1. The SMILES string of the molecule is CCC(N)Cc1cc(Cl)cc(Cl)c1OCCOCCOC. The second-order valence-electron chi connectivity index (χ2n) is 4.70. The Morgan fingerprint density at radius 1 is 1.14 bits per heavy atom. The van der Waals surface area contributed by atoms with Crippen molar-refractivity contribution in [2.45, 2.75) is 25.8 Å². The molecule has 0 aliphatic rings. The van der Waals surface area contributed by atoms with Crippen LogP contribution in [0, 0.1) is 0 Å². The van der Waals surface area contributed by atoms with Gasteiger partial charge in [-0.2, -0.15) is 0 Å². The third-order valence-electron chi connectivity index (χ3n) is 3.00. The van der Waals surface area contributed by atoms with Crippen molar-refractivity contribution < 1.29 is 14.2 Å². The summed E-state index contributed by atoms with van der Waals surface area (Å²) in [6.45, 7) is 4.04. The highest BCUT2D eigenvalue weighted by molar-refractivity contribution is 6.35. The summed E-state index contributed by atoms with van der Waals surface area (Å²) >= 11 is 12.3. The van der Waals surface area contributed by atoms with Crippen LogP contribution in [-0.2, 0) is 15.9 Å². The van der Waals surface area contributed by atoms with E-state index in [9.17, 15) is 0 Å². The van der Waals surface area contributed by atoms with E-state index in [0.717, 1.165) is 12.0 Å². The smallest absolute Gasteiger partial charge is 0.141 e. The predicted octanol–water partition coefficient (Wildman–Crippen LogP) is 3.32. The summed E-state index contributed by atoms with van der Waals surface area (Å²) in [4.78, 5) is 0. The Bertz CT molecular complexity index is 430. The molecular formula is C15H23Cl2NO3. The Morgan fingerprint density at radius 3 is 2.52 bits per heavy atom. The summed E-state index contributed by atoms with van der Waals surface area (Å²) in [6, 6.07) is 3.58. The zero-order valence-electron chi connectivity index (χ0n) is 12.5. The van der Waals surface area contributed by atoms with Crippen LogP contribution in [0.15, 0.2) is 12.1 Å². The van der Waals surface area contributed by atoms with Crippen molar-refractivity contribution in [3.63, 3.8) is 0 Å². The lowest BCUT2D eigenvalue weighted by Gasteiger charge is -2.16. The average Bonchev–Trinajstić information content (AvgIpc) is 2.44. The van der Waals surface area contributed by atoms with Crippen LogP contribution >= 0.6 is 23.2 Å². The molecule has 0 aromatic heterocycles. The molecule has 0 amide bonds. The van der Waals surface area contributed by atoms with Gasteiger partial charge >= 0.3 is 0 Å². The lowest BCUT2D eigenvalue weighted by atomic mass is 10.0. The van der Waals surface area contributed by atoms with Gasteiger partial charge in [-0.3, -0.25) is 0 Å². The fourth-order valence-electron chi connectivity index (χ4n) is 1.80. The fourth-order valence-corrected chi connectivity index (χ4v) is 2.39. The number of rotatable bonds is 10. The normalized spacial score (nSPS) is 12.4. The molecule has 1 aromatic rings. The highest BCUT2D eigenvalue weighted by atomic mass is 35.5. The van der Waals surface area contributed by atoms with Crippen molar-refractivity contribution in [3.8, 4) is 5.75 Å². The summed E-state index contributed by atoms with van der Waals surface area (Å²) in [5.41, 5.74) is 6.93. The molecule has 1 atom stereocenters. The number of halogens is 2. The van der Waals surface area contributed by atoms with E-state index < -0.39 is 0 Å². The predicted molar refractivity (Wildman–Crippen MR) is 86.6 cm³/mol. The first-order chi connectivity index (χ1) is 10.1. The first-order valence-corrected chi connectivity index (χ1v) is 7.77. The average molecular weight is 336 g/mol. The quantitative estimate of drug-likeness (QED) is 0.666. The first-order valence-electron chi connectivity index (χ1n) is 7.01. The van der Waals surface area contributed by atoms with E-state index >= 15 is 0 Å². The minimum absolute atomic E-state index is 0.0554. The molecule has 0 fully saturated rings. The number of nitrogens with two attached hydrogens (primary N) is 1. The Morgan fingerprint density at radius 2 is 1.86 bits per heavy atom. The van der Waals surface area contributed by atoms with E-state index in [0.29, 0.717) is 48.6 Å². The van der Waals surface area contributed by atoms with Gasteiger partial charge in [-0.05, 0) is 30.5 Å². The molecule has 4 nitrogen and oxygen atoms in total. The van der Waals surface area contributed by atoms with Gasteiger partial charge in [-0.1, -0.05) is 30.1 Å². The third kappa shape index (κ3) is 6.85. The third-order valence-corrected chi connectivity index (χ3v) is 3.50. The molecule has 0 saturated carbocycles. The van der Waals surface area contributed by atoms with E-state index in [-0.39, 0.29) is 6.04 Å². The van der Waals surface area contributed by atoms with E-state index in [1.165, 1.54) is 0 Å². The number of ether oxygens (including phenoxy) is 3. The van der Waals surface area contributed by atoms with E-state index in [1.807, 2.05) is 13.0 Å². The maximum Gasteiger partial charge on any atom is 0.141 e. The highest BCUT2D eigenvalue weighted by Crippen LogP contribution is 2.33. The largest absolute Gasteiger partial charge is 0.489 e. The van der Waals surface area contributed by atoms with Crippen molar-refractivity contribution in [2.24, 2.45) is 5.73 Å². The summed E-state index contributed by atoms with van der Waals surface area (Å²) in [7, 11) is 1.64. The van der Waals surface area contributed by atoms with Gasteiger partial charge in [0, 0.05) is 18.2 Å². The van der Waals surface area contributed by atoms with E-state index in [2.05, 4.69) is 0 Å². The number of hydrogen-bond acceptors (Lipinski definition) is 4. The van der Waals surface area contributed by atoms with Crippen LogP contribution in [-0.4, -0.2) is 39.6 Å². The molecule has 0 aliphatic carbocycles. The van der Waals surface area contributed by atoms with Gasteiger partial charge in [-0.15, -0.1) is 0 Å². The molecule has 1 aromatic carbocycles. The van der Waals surface area contributed by atoms with E-state index in [4.69, 9.17) is 43.1 Å². The van der Waals surface area contributed by atoms with Gasteiger partial charge < -0.3 is 19.9 Å². The van der Waals surface area contributed by atoms with Gasteiger partial charge in [0.05, 0.1) is 24.8 Å². The van der Waals surface area contributed by atoms with Crippen LogP contribution < -0.4 is 10.5 Å². The summed E-state index contributed by atoms with van der Waals surface area (Å²) in [6.07, 6.45) is 1.56. The van der Waals surface area contributed by atoms with E-state index in [1.54, 1.807) is 13.2 Å². The van der Waals surface area contributed by atoms with Crippen LogP contribution in [0.2, 0.25) is 10.0 Å². The molecule has 21 heavy (non-hydrogen) atoms. The van der Waals surface area contributed by atoms with Crippen molar-refractivity contribution >= 4 is 23.2 Å². The second kappa shape index (κ2) is 10.2. The Hall–Kier alpha value is -0.520. The Labute approximate surface area is 136 Å². The maximum absolute atomic E-state index is 6.21. The minimum Gasteiger partial charge on any atom is -0.489 e. The number of benzene rings is 1. The zero-order valence-corrected chi connectivity index (χ0v) is 14.0. The van der Waals surface area contributed by atoms with Crippen LogP contribution in [0.25, 0.3) is 0 Å². The fraction of sp³-hybridized carbons (Fsp3) is 0.600. The standard InChI is InChI=1S/C15H23Cl2NO3/c1-3-13(18)9-11-8-12(16)10-14(17)15(11)21-7-6-20-5-4-19-2/h8,10,13H,3-7,9,18H2,1-2H3. The van der Waals surface area contributed by atoms with Crippen LogP contribution in [0.1, 0.15) is 18.9 Å². The molecule has 1 rings (SSSR count). The molecule has 0 aliphatic heterocycles. The molecule has 0 heterocycles. The van der Waals surface area contributed by atoms with Gasteiger partial charge in [0.1, 0.15) is 12.4 Å². The summed E-state index contributed by atoms with van der Waals surface area (Å²) in [5.74, 6) is 0.639. The van der Waals surface area contributed by atoms with Gasteiger partial charge in [0.2, 0.25) is 0 Å². The molecule has 6 heteroatoms. The monoisotopic (exact) mass is 335 g/mol. The van der Waals surface area contributed by atoms with Crippen molar-refractivity contribution in [1.82, 2.24) is 0 Å². The van der Waals surface area contributed by atoms with Crippen molar-refractivity contribution in [1.29, 1.82) is 0 Å². The highest BCUT2D eigenvalue weighted by Gasteiger charge is 2.13. The zero-order chi connectivity index (χ0) is 15.7. The Balaban J connectivity index is 2.62. The molecule has 2 N–H and O–H groups in total. The first kappa shape index (κ1) is 18.5. The molecule has 0 bridgehead atoms. The summed E-state index contributed by atoms with van der Waals surface area (Å²) < 4.78 is 16.0. The van der Waals surface area contributed by atoms with Crippen LogP contribution in [0.3, 0.4) is 0 Å². The van der Waals surface area contributed by atoms with Crippen LogP contribution in [0.4, 0.5) is 0 Å². The van der Waals surface area contributed by atoms with Crippen molar-refractivity contribution in [2.75, 3.05) is 33.5 Å². The van der Waals surface area contributed by atoms with Gasteiger partial charge in [0.15, 0.2) is 0 Å². The van der Waals surface area contributed by atoms with Crippen LogP contribution in [0.5, 0.6) is 5.75 Å². The molecule has 0 radical (unpaired) electrons.